The molecule has 4 nitrogen and oxygen atoms in total. The van der Waals surface area contributed by atoms with E-state index in [4.69, 9.17) is 9.47 Å². The Hall–Kier alpha value is -2.04. The van der Waals surface area contributed by atoms with Gasteiger partial charge in [-0.15, -0.1) is 0 Å². The Labute approximate surface area is 171 Å². The highest BCUT2D eigenvalue weighted by Gasteiger charge is 2.13. The maximum atomic E-state index is 5.92. The first-order valence-corrected chi connectivity index (χ1v) is 10.3. The second kappa shape index (κ2) is 9.94. The zero-order valence-electron chi connectivity index (χ0n) is 18.6. The van der Waals surface area contributed by atoms with Crippen LogP contribution in [-0.2, 0) is 0 Å². The molecule has 0 amide bonds. The van der Waals surface area contributed by atoms with Gasteiger partial charge in [-0.25, -0.2) is 0 Å². The molecule has 0 fully saturated rings. The summed E-state index contributed by atoms with van der Waals surface area (Å²) in [5.41, 5.74) is 2.51. The lowest BCUT2D eigenvalue weighted by molar-refractivity contribution is 0.287. The van der Waals surface area contributed by atoms with Crippen molar-refractivity contribution < 1.29 is 9.47 Å². The van der Waals surface area contributed by atoms with Crippen molar-refractivity contribution in [1.29, 1.82) is 0 Å². The Morgan fingerprint density at radius 3 is 1.32 bits per heavy atom. The van der Waals surface area contributed by atoms with E-state index in [9.17, 15) is 0 Å². The molecule has 0 aromatic heterocycles. The minimum absolute atomic E-state index is 0.771. The molecule has 0 unspecified atom stereocenters. The molecule has 0 bridgehead atoms. The van der Waals surface area contributed by atoms with Crippen LogP contribution in [0.4, 0.5) is 11.4 Å². The largest absolute Gasteiger partial charge is 0.493 e. The molecule has 0 aliphatic rings. The van der Waals surface area contributed by atoms with Crippen LogP contribution in [-0.4, -0.2) is 55.5 Å². The van der Waals surface area contributed by atoms with Gasteiger partial charge in [-0.05, 0) is 49.9 Å². The highest BCUT2D eigenvalue weighted by molar-refractivity contribution is 5.47. The number of nitrogens with zero attached hydrogens (tertiary/aromatic N) is 2. The van der Waals surface area contributed by atoms with Gasteiger partial charge < -0.3 is 9.47 Å². The predicted molar refractivity (Wildman–Crippen MR) is 121 cm³/mol. The van der Waals surface area contributed by atoms with Gasteiger partial charge >= 0.3 is 0 Å². The lowest BCUT2D eigenvalue weighted by atomic mass is 10.2. The fraction of sp³-hybridized carbons (Fsp3) is 0.500. The lowest BCUT2D eigenvalue weighted by Gasteiger charge is -2.23. The third-order valence-electron chi connectivity index (χ3n) is 4.76. The molecular formula is C24H38N2O2+2. The molecular weight excluding hydrogens is 348 g/mol. The topological polar surface area (TPSA) is 18.5 Å². The van der Waals surface area contributed by atoms with E-state index in [2.05, 4.69) is 78.7 Å². The molecule has 4 heteroatoms. The van der Waals surface area contributed by atoms with Crippen molar-refractivity contribution in [3.63, 3.8) is 0 Å². The van der Waals surface area contributed by atoms with E-state index < -0.39 is 0 Å². The van der Waals surface area contributed by atoms with Crippen molar-refractivity contribution in [1.82, 2.24) is 8.97 Å². The molecule has 0 aliphatic heterocycles. The summed E-state index contributed by atoms with van der Waals surface area (Å²) in [6, 6.07) is 16.8. The summed E-state index contributed by atoms with van der Waals surface area (Å²) in [5, 5.41) is 0. The summed E-state index contributed by atoms with van der Waals surface area (Å²) in [6.07, 6.45) is 4.48. The predicted octanol–water partition coefficient (Wildman–Crippen LogP) is 5.10. The zero-order chi connectivity index (χ0) is 20.6. The first-order valence-electron chi connectivity index (χ1n) is 10.3. The first-order chi connectivity index (χ1) is 13.2. The highest BCUT2D eigenvalue weighted by Crippen LogP contribution is 2.24. The molecule has 0 radical (unpaired) electrons. The van der Waals surface area contributed by atoms with Crippen LogP contribution in [0.2, 0.25) is 0 Å². The van der Waals surface area contributed by atoms with Crippen molar-refractivity contribution in [2.75, 3.05) is 55.5 Å². The monoisotopic (exact) mass is 386 g/mol. The molecule has 154 valence electrons. The SMILES string of the molecule is C[N+](C)(C)c1cccc(OCCCCCCOc2cccc([N+](C)(C)C)c2)c1. The smallest absolute Gasteiger partial charge is 0.135 e. The number of hydrogen-bond donors (Lipinski definition) is 0. The van der Waals surface area contributed by atoms with Gasteiger partial charge in [0.25, 0.3) is 0 Å². The maximum absolute atomic E-state index is 5.92. The number of quaternary nitrogens is 2. The summed E-state index contributed by atoms with van der Waals surface area (Å²) in [5.74, 6) is 1.93. The van der Waals surface area contributed by atoms with Crippen LogP contribution in [0.5, 0.6) is 11.5 Å². The molecule has 0 atom stereocenters. The van der Waals surface area contributed by atoms with Crippen LogP contribution in [0.15, 0.2) is 48.5 Å². The summed E-state index contributed by atoms with van der Waals surface area (Å²) in [7, 11) is 13.0. The quantitative estimate of drug-likeness (QED) is 0.395. The summed E-state index contributed by atoms with van der Waals surface area (Å²) >= 11 is 0. The first kappa shape index (κ1) is 22.3. The second-order valence-corrected chi connectivity index (χ2v) is 9.13. The van der Waals surface area contributed by atoms with E-state index in [1.54, 1.807) is 0 Å². The van der Waals surface area contributed by atoms with E-state index in [1.807, 2.05) is 12.1 Å². The fourth-order valence-electron chi connectivity index (χ4n) is 2.92. The molecule has 2 aromatic carbocycles. The minimum Gasteiger partial charge on any atom is -0.493 e. The van der Waals surface area contributed by atoms with Gasteiger partial charge in [0.05, 0.1) is 55.5 Å². The molecule has 2 aromatic rings. The number of rotatable bonds is 11. The molecule has 0 saturated heterocycles. The fourth-order valence-corrected chi connectivity index (χ4v) is 2.92. The van der Waals surface area contributed by atoms with Crippen molar-refractivity contribution in [3.8, 4) is 11.5 Å². The summed E-state index contributed by atoms with van der Waals surface area (Å²) in [4.78, 5) is 0. The van der Waals surface area contributed by atoms with Gasteiger partial charge in [0, 0.05) is 12.1 Å². The Morgan fingerprint density at radius 2 is 0.964 bits per heavy atom. The van der Waals surface area contributed by atoms with Crippen LogP contribution >= 0.6 is 0 Å². The Balaban J connectivity index is 1.60. The van der Waals surface area contributed by atoms with Gasteiger partial charge in [0.2, 0.25) is 0 Å². The van der Waals surface area contributed by atoms with Crippen LogP contribution in [0.25, 0.3) is 0 Å². The lowest BCUT2D eigenvalue weighted by Crippen LogP contribution is -2.34. The zero-order valence-corrected chi connectivity index (χ0v) is 18.6. The van der Waals surface area contributed by atoms with Crippen molar-refractivity contribution >= 4 is 11.4 Å². The standard InChI is InChI=1S/C24H38N2O2/c1-25(2,3)21-13-11-15-23(19-21)27-17-9-7-8-10-18-28-24-16-12-14-22(20-24)26(4,5)6/h11-16,19-20H,7-10,17-18H2,1-6H3/q+2. The van der Waals surface area contributed by atoms with Gasteiger partial charge in [0.1, 0.15) is 22.9 Å². The molecule has 0 saturated carbocycles. The van der Waals surface area contributed by atoms with Crippen molar-refractivity contribution in [2.24, 2.45) is 0 Å². The molecule has 28 heavy (non-hydrogen) atoms. The average molecular weight is 387 g/mol. The van der Waals surface area contributed by atoms with Gasteiger partial charge in [-0.2, -0.15) is 0 Å². The van der Waals surface area contributed by atoms with Crippen LogP contribution in [0.1, 0.15) is 25.7 Å². The molecule has 0 N–H and O–H groups in total. The summed E-state index contributed by atoms with van der Waals surface area (Å²) in [6.45, 7) is 1.54. The Kier molecular flexibility index (Phi) is 7.90. The molecule has 0 heterocycles. The normalized spacial score (nSPS) is 12.1. The second-order valence-electron chi connectivity index (χ2n) is 9.13. The van der Waals surface area contributed by atoms with Gasteiger partial charge in [-0.3, -0.25) is 8.97 Å². The van der Waals surface area contributed by atoms with Crippen LogP contribution in [0, 0.1) is 0 Å². The van der Waals surface area contributed by atoms with Crippen LogP contribution in [0.3, 0.4) is 0 Å². The number of ether oxygens (including phenoxy) is 2. The highest BCUT2D eigenvalue weighted by atomic mass is 16.5. The molecule has 0 spiro atoms. The van der Waals surface area contributed by atoms with Gasteiger partial charge in [0.15, 0.2) is 0 Å². The minimum atomic E-state index is 0.771. The average Bonchev–Trinajstić information content (AvgIpc) is 2.63. The Bertz CT molecular complexity index is 666. The van der Waals surface area contributed by atoms with E-state index >= 15 is 0 Å². The van der Waals surface area contributed by atoms with E-state index in [0.717, 1.165) is 59.4 Å². The maximum Gasteiger partial charge on any atom is 0.135 e. The van der Waals surface area contributed by atoms with E-state index in [1.165, 1.54) is 11.4 Å². The third-order valence-corrected chi connectivity index (χ3v) is 4.76. The Morgan fingerprint density at radius 1 is 0.571 bits per heavy atom. The number of unbranched alkanes of at least 4 members (excludes halogenated alkanes) is 3. The number of hydrogen-bond acceptors (Lipinski definition) is 2. The third kappa shape index (κ3) is 7.53. The van der Waals surface area contributed by atoms with E-state index in [0.29, 0.717) is 0 Å². The summed E-state index contributed by atoms with van der Waals surface area (Å²) < 4.78 is 13.4. The molecule has 0 aliphatic carbocycles. The van der Waals surface area contributed by atoms with Crippen LogP contribution < -0.4 is 18.4 Å². The van der Waals surface area contributed by atoms with E-state index in [-0.39, 0.29) is 0 Å². The van der Waals surface area contributed by atoms with Gasteiger partial charge in [-0.1, -0.05) is 12.1 Å². The van der Waals surface area contributed by atoms with Crippen molar-refractivity contribution in [3.05, 3.63) is 48.5 Å². The van der Waals surface area contributed by atoms with Crippen molar-refractivity contribution in [2.45, 2.75) is 25.7 Å². The number of benzene rings is 2. The molecule has 2 rings (SSSR count).